The molecule has 2 rings (SSSR count). The highest BCUT2D eigenvalue weighted by Gasteiger charge is 2.23. The maximum atomic E-state index is 11.7. The van der Waals surface area contributed by atoms with Crippen molar-refractivity contribution in [1.29, 1.82) is 0 Å². The minimum absolute atomic E-state index is 0.00149. The van der Waals surface area contributed by atoms with Gasteiger partial charge in [-0.05, 0) is 36.1 Å². The summed E-state index contributed by atoms with van der Waals surface area (Å²) in [6.45, 7) is 1.41. The number of ether oxygens (including phenoxy) is 2. The summed E-state index contributed by atoms with van der Waals surface area (Å²) in [6.07, 6.45) is 2.07. The number of fused-ring (bicyclic) bond motifs is 1. The SMILES string of the molecule is COCCNC(=O)CNC1CCc2ccc(OC)cc21. The Morgan fingerprint density at radius 3 is 3.00 bits per heavy atom. The zero-order chi connectivity index (χ0) is 14.4. The van der Waals surface area contributed by atoms with Gasteiger partial charge in [0.2, 0.25) is 5.91 Å². The molecule has 2 N–H and O–H groups in total. The van der Waals surface area contributed by atoms with E-state index in [-0.39, 0.29) is 11.9 Å². The minimum Gasteiger partial charge on any atom is -0.497 e. The topological polar surface area (TPSA) is 59.6 Å². The molecule has 1 amide bonds. The normalized spacial score (nSPS) is 16.8. The van der Waals surface area contributed by atoms with E-state index < -0.39 is 0 Å². The molecule has 1 aliphatic rings. The van der Waals surface area contributed by atoms with Gasteiger partial charge in [0.1, 0.15) is 5.75 Å². The van der Waals surface area contributed by atoms with Crippen molar-refractivity contribution in [3.05, 3.63) is 29.3 Å². The van der Waals surface area contributed by atoms with Crippen molar-refractivity contribution in [2.24, 2.45) is 0 Å². The zero-order valence-electron chi connectivity index (χ0n) is 12.1. The van der Waals surface area contributed by atoms with E-state index in [2.05, 4.69) is 22.8 Å². The maximum absolute atomic E-state index is 11.7. The van der Waals surface area contributed by atoms with Crippen LogP contribution in [0.3, 0.4) is 0 Å². The molecule has 0 bridgehead atoms. The van der Waals surface area contributed by atoms with Gasteiger partial charge in [-0.1, -0.05) is 6.07 Å². The van der Waals surface area contributed by atoms with Crippen molar-refractivity contribution in [3.8, 4) is 5.75 Å². The molecule has 0 fully saturated rings. The van der Waals surface area contributed by atoms with Gasteiger partial charge in [0.15, 0.2) is 0 Å². The first-order valence-corrected chi connectivity index (χ1v) is 6.90. The number of carbonyl (C=O) groups is 1. The highest BCUT2D eigenvalue weighted by Crippen LogP contribution is 2.33. The lowest BCUT2D eigenvalue weighted by molar-refractivity contribution is -0.120. The number of carbonyl (C=O) groups excluding carboxylic acids is 1. The second kappa shape index (κ2) is 7.26. The van der Waals surface area contributed by atoms with Crippen molar-refractivity contribution in [2.75, 3.05) is 33.9 Å². The number of benzene rings is 1. The Morgan fingerprint density at radius 2 is 2.25 bits per heavy atom. The van der Waals surface area contributed by atoms with Crippen LogP contribution in [0.25, 0.3) is 0 Å². The Labute approximate surface area is 119 Å². The van der Waals surface area contributed by atoms with Gasteiger partial charge < -0.3 is 20.1 Å². The van der Waals surface area contributed by atoms with Crippen LogP contribution in [-0.4, -0.2) is 39.8 Å². The summed E-state index contributed by atoms with van der Waals surface area (Å²) < 4.78 is 10.2. The van der Waals surface area contributed by atoms with Crippen molar-refractivity contribution in [3.63, 3.8) is 0 Å². The third-order valence-electron chi connectivity index (χ3n) is 3.57. The number of hydrogen-bond donors (Lipinski definition) is 2. The van der Waals surface area contributed by atoms with E-state index in [0.29, 0.717) is 19.7 Å². The molecular formula is C15H22N2O3. The van der Waals surface area contributed by atoms with Gasteiger partial charge in [0.25, 0.3) is 0 Å². The minimum atomic E-state index is -0.00149. The van der Waals surface area contributed by atoms with E-state index in [1.54, 1.807) is 14.2 Å². The van der Waals surface area contributed by atoms with Crippen LogP contribution in [0.4, 0.5) is 0 Å². The Balaban J connectivity index is 1.85. The molecule has 1 atom stereocenters. The fourth-order valence-electron chi connectivity index (χ4n) is 2.49. The van der Waals surface area contributed by atoms with Crippen molar-refractivity contribution in [2.45, 2.75) is 18.9 Å². The van der Waals surface area contributed by atoms with Gasteiger partial charge >= 0.3 is 0 Å². The highest BCUT2D eigenvalue weighted by molar-refractivity contribution is 5.78. The number of aryl methyl sites for hydroxylation is 1. The number of nitrogens with one attached hydrogen (secondary N) is 2. The zero-order valence-corrected chi connectivity index (χ0v) is 12.1. The van der Waals surface area contributed by atoms with Crippen molar-refractivity contribution >= 4 is 5.91 Å². The summed E-state index contributed by atoms with van der Waals surface area (Å²) >= 11 is 0. The number of amides is 1. The van der Waals surface area contributed by atoms with E-state index in [1.807, 2.05) is 6.07 Å². The summed E-state index contributed by atoms with van der Waals surface area (Å²) in [5.74, 6) is 0.861. The molecule has 1 unspecified atom stereocenters. The molecule has 5 nitrogen and oxygen atoms in total. The van der Waals surface area contributed by atoms with Gasteiger partial charge in [-0.15, -0.1) is 0 Å². The van der Waals surface area contributed by atoms with E-state index in [4.69, 9.17) is 9.47 Å². The Morgan fingerprint density at radius 1 is 1.40 bits per heavy atom. The lowest BCUT2D eigenvalue weighted by atomic mass is 10.1. The Kier molecular flexibility index (Phi) is 5.38. The van der Waals surface area contributed by atoms with Crippen LogP contribution in [0, 0.1) is 0 Å². The van der Waals surface area contributed by atoms with Gasteiger partial charge in [0, 0.05) is 19.7 Å². The summed E-state index contributed by atoms with van der Waals surface area (Å²) in [5.41, 5.74) is 2.58. The number of methoxy groups -OCH3 is 2. The predicted molar refractivity (Wildman–Crippen MR) is 76.9 cm³/mol. The van der Waals surface area contributed by atoms with E-state index in [0.717, 1.165) is 18.6 Å². The van der Waals surface area contributed by atoms with E-state index >= 15 is 0 Å². The lowest BCUT2D eigenvalue weighted by Crippen LogP contribution is -2.36. The van der Waals surface area contributed by atoms with Gasteiger partial charge in [-0.2, -0.15) is 0 Å². The molecule has 0 aromatic heterocycles. The second-order valence-corrected chi connectivity index (χ2v) is 4.88. The van der Waals surface area contributed by atoms with Crippen LogP contribution in [0.15, 0.2) is 18.2 Å². The third kappa shape index (κ3) is 3.71. The molecule has 0 radical (unpaired) electrons. The first kappa shape index (κ1) is 14.8. The summed E-state index contributed by atoms with van der Waals surface area (Å²) in [5, 5.41) is 6.11. The van der Waals surface area contributed by atoms with Crippen molar-refractivity contribution in [1.82, 2.24) is 10.6 Å². The van der Waals surface area contributed by atoms with Crippen LogP contribution in [0.1, 0.15) is 23.6 Å². The highest BCUT2D eigenvalue weighted by atomic mass is 16.5. The molecule has 0 saturated carbocycles. The number of rotatable bonds is 7. The fraction of sp³-hybridized carbons (Fsp3) is 0.533. The molecule has 1 aromatic rings. The molecule has 0 spiro atoms. The summed E-state index contributed by atoms with van der Waals surface area (Å²) in [7, 11) is 3.29. The standard InChI is InChI=1S/C15H22N2O3/c1-19-8-7-16-15(18)10-17-14-6-4-11-3-5-12(20-2)9-13(11)14/h3,5,9,14,17H,4,6-8,10H2,1-2H3,(H,16,18). The van der Waals surface area contributed by atoms with Crippen LogP contribution in [0.2, 0.25) is 0 Å². The Hall–Kier alpha value is -1.59. The average molecular weight is 278 g/mol. The fourth-order valence-corrected chi connectivity index (χ4v) is 2.49. The third-order valence-corrected chi connectivity index (χ3v) is 3.57. The van der Waals surface area contributed by atoms with Crippen LogP contribution >= 0.6 is 0 Å². The monoisotopic (exact) mass is 278 g/mol. The second-order valence-electron chi connectivity index (χ2n) is 4.88. The van der Waals surface area contributed by atoms with Gasteiger partial charge in [-0.3, -0.25) is 4.79 Å². The van der Waals surface area contributed by atoms with Crippen molar-refractivity contribution < 1.29 is 14.3 Å². The van der Waals surface area contributed by atoms with Crippen LogP contribution in [0.5, 0.6) is 5.75 Å². The molecule has 5 heteroatoms. The number of hydrogen-bond acceptors (Lipinski definition) is 4. The van der Waals surface area contributed by atoms with Gasteiger partial charge in [-0.25, -0.2) is 0 Å². The van der Waals surface area contributed by atoms with Crippen LogP contribution < -0.4 is 15.4 Å². The average Bonchev–Trinajstić information content (AvgIpc) is 2.87. The largest absolute Gasteiger partial charge is 0.497 e. The molecule has 1 aromatic carbocycles. The maximum Gasteiger partial charge on any atom is 0.234 e. The lowest BCUT2D eigenvalue weighted by Gasteiger charge is -2.14. The molecule has 110 valence electrons. The molecular weight excluding hydrogens is 256 g/mol. The van der Waals surface area contributed by atoms with E-state index in [9.17, 15) is 4.79 Å². The summed E-state index contributed by atoms with van der Waals surface area (Å²) in [4.78, 5) is 11.7. The van der Waals surface area contributed by atoms with Gasteiger partial charge in [0.05, 0.1) is 20.3 Å². The summed E-state index contributed by atoms with van der Waals surface area (Å²) in [6, 6.07) is 6.38. The first-order valence-electron chi connectivity index (χ1n) is 6.90. The molecule has 0 heterocycles. The molecule has 1 aliphatic carbocycles. The smallest absolute Gasteiger partial charge is 0.234 e. The predicted octanol–water partition coefficient (Wildman–Crippen LogP) is 1.03. The first-order chi connectivity index (χ1) is 9.74. The van der Waals surface area contributed by atoms with Crippen LogP contribution in [-0.2, 0) is 16.0 Å². The van der Waals surface area contributed by atoms with E-state index in [1.165, 1.54) is 11.1 Å². The Bertz CT molecular complexity index is 462. The molecule has 0 aliphatic heterocycles. The molecule has 0 saturated heterocycles. The quantitative estimate of drug-likeness (QED) is 0.732. The molecule has 20 heavy (non-hydrogen) atoms.